The minimum atomic E-state index is -0.351. The van der Waals surface area contributed by atoms with Gasteiger partial charge < -0.3 is 11.1 Å². The zero-order valence-corrected chi connectivity index (χ0v) is 11.0. The van der Waals surface area contributed by atoms with E-state index in [1.807, 2.05) is 0 Å². The molecule has 0 spiro atoms. The molecule has 5 heteroatoms. The Hall–Kier alpha value is -2.95. The van der Waals surface area contributed by atoms with Crippen molar-refractivity contribution in [1.82, 2.24) is 4.98 Å². The average molecular weight is 281 g/mol. The van der Waals surface area contributed by atoms with Gasteiger partial charge in [-0.05, 0) is 29.7 Å². The van der Waals surface area contributed by atoms with Crippen LogP contribution in [0, 0.1) is 5.82 Å². The molecule has 0 atom stereocenters. The van der Waals surface area contributed by atoms with Gasteiger partial charge in [0.25, 0.3) is 5.91 Å². The first-order valence-corrected chi connectivity index (χ1v) is 6.35. The van der Waals surface area contributed by atoms with E-state index in [0.29, 0.717) is 27.8 Å². The van der Waals surface area contributed by atoms with Gasteiger partial charge in [-0.15, -0.1) is 0 Å². The van der Waals surface area contributed by atoms with E-state index in [9.17, 15) is 9.18 Å². The topological polar surface area (TPSA) is 68.0 Å². The Morgan fingerprint density at radius 2 is 1.81 bits per heavy atom. The molecule has 0 aliphatic carbocycles. The van der Waals surface area contributed by atoms with E-state index in [1.165, 1.54) is 18.3 Å². The minimum absolute atomic E-state index is 0.322. The Kier molecular flexibility index (Phi) is 3.23. The van der Waals surface area contributed by atoms with Crippen LogP contribution in [0.25, 0.3) is 10.8 Å². The van der Waals surface area contributed by atoms with Crippen LogP contribution in [0.4, 0.5) is 15.9 Å². The Bertz CT molecular complexity index is 815. The Morgan fingerprint density at radius 3 is 2.52 bits per heavy atom. The van der Waals surface area contributed by atoms with Crippen molar-refractivity contribution in [3.05, 3.63) is 66.1 Å². The summed E-state index contributed by atoms with van der Waals surface area (Å²) in [5, 5.41) is 3.70. The van der Waals surface area contributed by atoms with E-state index < -0.39 is 0 Å². The number of nitrogens with one attached hydrogen (secondary N) is 1. The number of pyridine rings is 1. The largest absolute Gasteiger partial charge is 0.384 e. The third-order valence-electron chi connectivity index (χ3n) is 3.16. The molecule has 3 N–H and O–H groups in total. The zero-order chi connectivity index (χ0) is 14.8. The number of carbonyl (C=O) groups is 1. The molecule has 0 fully saturated rings. The van der Waals surface area contributed by atoms with Crippen molar-refractivity contribution in [2.45, 2.75) is 0 Å². The number of hydrogen-bond donors (Lipinski definition) is 2. The van der Waals surface area contributed by atoms with Crippen LogP contribution in [0.3, 0.4) is 0 Å². The van der Waals surface area contributed by atoms with Crippen molar-refractivity contribution in [3.63, 3.8) is 0 Å². The molecule has 0 saturated carbocycles. The summed E-state index contributed by atoms with van der Waals surface area (Å²) in [7, 11) is 0. The van der Waals surface area contributed by atoms with Crippen LogP contribution in [0.5, 0.6) is 0 Å². The summed E-state index contributed by atoms with van der Waals surface area (Å²) in [5.74, 6) is -0.297. The number of amides is 1. The molecule has 0 unspecified atom stereocenters. The summed E-state index contributed by atoms with van der Waals surface area (Å²) < 4.78 is 13.7. The van der Waals surface area contributed by atoms with E-state index in [4.69, 9.17) is 5.73 Å². The van der Waals surface area contributed by atoms with Gasteiger partial charge in [0.2, 0.25) is 0 Å². The summed E-state index contributed by atoms with van der Waals surface area (Å²) in [6.45, 7) is 0. The molecule has 21 heavy (non-hydrogen) atoms. The highest BCUT2D eigenvalue weighted by molar-refractivity contribution is 6.12. The molecular weight excluding hydrogens is 269 g/mol. The summed E-state index contributed by atoms with van der Waals surface area (Å²) in [6.07, 6.45) is 1.47. The molecule has 1 amide bonds. The van der Waals surface area contributed by atoms with Crippen LogP contribution in [0.15, 0.2) is 54.7 Å². The Balaban J connectivity index is 1.98. The number of fused-ring (bicyclic) bond motifs is 1. The normalized spacial score (nSPS) is 10.5. The Morgan fingerprint density at radius 1 is 1.05 bits per heavy atom. The van der Waals surface area contributed by atoms with E-state index in [1.54, 1.807) is 36.4 Å². The van der Waals surface area contributed by atoms with E-state index in [0.717, 1.165) is 0 Å². The lowest BCUT2D eigenvalue weighted by Crippen LogP contribution is -2.13. The van der Waals surface area contributed by atoms with Crippen molar-refractivity contribution < 1.29 is 9.18 Å². The lowest BCUT2D eigenvalue weighted by molar-refractivity contribution is 0.102. The monoisotopic (exact) mass is 281 g/mol. The van der Waals surface area contributed by atoms with Crippen molar-refractivity contribution in [2.24, 2.45) is 0 Å². The molecule has 2 aromatic carbocycles. The van der Waals surface area contributed by atoms with Gasteiger partial charge in [-0.1, -0.05) is 24.3 Å². The zero-order valence-electron chi connectivity index (χ0n) is 11.0. The maximum atomic E-state index is 13.7. The number of aromatic nitrogens is 1. The van der Waals surface area contributed by atoms with Crippen LogP contribution in [-0.2, 0) is 0 Å². The van der Waals surface area contributed by atoms with Gasteiger partial charge in [0.05, 0.1) is 11.9 Å². The fourth-order valence-electron chi connectivity index (χ4n) is 2.14. The number of nitrogens with zero attached hydrogens (tertiary/aromatic N) is 1. The van der Waals surface area contributed by atoms with Crippen molar-refractivity contribution in [2.75, 3.05) is 11.1 Å². The third kappa shape index (κ3) is 2.53. The van der Waals surface area contributed by atoms with Gasteiger partial charge >= 0.3 is 0 Å². The fraction of sp³-hybridized carbons (Fsp3) is 0. The lowest BCUT2D eigenvalue weighted by atomic mass is 10.0. The van der Waals surface area contributed by atoms with E-state index >= 15 is 0 Å². The summed E-state index contributed by atoms with van der Waals surface area (Å²) in [6, 6.07) is 12.9. The van der Waals surface area contributed by atoms with Gasteiger partial charge in [-0.25, -0.2) is 9.37 Å². The first-order chi connectivity index (χ1) is 10.1. The summed E-state index contributed by atoms with van der Waals surface area (Å²) >= 11 is 0. The second kappa shape index (κ2) is 5.20. The third-order valence-corrected chi connectivity index (χ3v) is 3.16. The van der Waals surface area contributed by atoms with Crippen molar-refractivity contribution >= 4 is 28.2 Å². The highest BCUT2D eigenvalue weighted by Gasteiger charge is 2.12. The SMILES string of the molecule is Nc1ccc(NC(=O)c2ccc(F)c3ccccc23)cn1. The van der Waals surface area contributed by atoms with Crippen LogP contribution in [0.2, 0.25) is 0 Å². The molecule has 3 rings (SSSR count). The first-order valence-electron chi connectivity index (χ1n) is 6.35. The average Bonchev–Trinajstić information content (AvgIpc) is 2.50. The number of hydrogen-bond acceptors (Lipinski definition) is 3. The molecule has 104 valence electrons. The first kappa shape index (κ1) is 13.1. The molecule has 1 aromatic heterocycles. The maximum Gasteiger partial charge on any atom is 0.256 e. The van der Waals surface area contributed by atoms with Crippen LogP contribution >= 0.6 is 0 Å². The van der Waals surface area contributed by atoms with Gasteiger partial charge in [-0.2, -0.15) is 0 Å². The minimum Gasteiger partial charge on any atom is -0.384 e. The molecule has 0 bridgehead atoms. The predicted octanol–water partition coefficient (Wildman–Crippen LogP) is 3.21. The molecule has 1 heterocycles. The van der Waals surface area contributed by atoms with E-state index in [2.05, 4.69) is 10.3 Å². The molecule has 0 aliphatic rings. The predicted molar refractivity (Wildman–Crippen MR) is 80.5 cm³/mol. The number of nitrogen functional groups attached to an aromatic ring is 1. The summed E-state index contributed by atoms with van der Waals surface area (Å²) in [5.41, 5.74) is 6.43. The highest BCUT2D eigenvalue weighted by Crippen LogP contribution is 2.22. The van der Waals surface area contributed by atoms with Crippen LogP contribution in [0.1, 0.15) is 10.4 Å². The molecule has 0 saturated heterocycles. The van der Waals surface area contributed by atoms with Crippen molar-refractivity contribution in [1.29, 1.82) is 0 Å². The smallest absolute Gasteiger partial charge is 0.256 e. The lowest BCUT2D eigenvalue weighted by Gasteiger charge is -2.08. The highest BCUT2D eigenvalue weighted by atomic mass is 19.1. The standard InChI is InChI=1S/C16H12FN3O/c17-14-7-6-13(11-3-1-2-4-12(11)14)16(21)20-10-5-8-15(18)19-9-10/h1-9H,(H2,18,19)(H,20,21). The second-order valence-electron chi connectivity index (χ2n) is 4.57. The van der Waals surface area contributed by atoms with Gasteiger partial charge in [-0.3, -0.25) is 4.79 Å². The number of nitrogens with two attached hydrogens (primary N) is 1. The number of carbonyl (C=O) groups excluding carboxylic acids is 1. The summed E-state index contributed by atoms with van der Waals surface area (Å²) in [4.78, 5) is 16.2. The van der Waals surface area contributed by atoms with E-state index in [-0.39, 0.29) is 11.7 Å². The van der Waals surface area contributed by atoms with Crippen LogP contribution in [-0.4, -0.2) is 10.9 Å². The molecule has 4 nitrogen and oxygen atoms in total. The molecule has 3 aromatic rings. The van der Waals surface area contributed by atoms with Crippen LogP contribution < -0.4 is 11.1 Å². The number of benzene rings is 2. The maximum absolute atomic E-state index is 13.7. The number of anilines is 2. The molecular formula is C16H12FN3O. The molecule has 0 radical (unpaired) electrons. The number of rotatable bonds is 2. The van der Waals surface area contributed by atoms with Gasteiger partial charge in [0.15, 0.2) is 0 Å². The van der Waals surface area contributed by atoms with Gasteiger partial charge in [0.1, 0.15) is 11.6 Å². The van der Waals surface area contributed by atoms with Gasteiger partial charge in [0, 0.05) is 10.9 Å². The second-order valence-corrected chi connectivity index (χ2v) is 4.57. The number of halogens is 1. The fourth-order valence-corrected chi connectivity index (χ4v) is 2.14. The Labute approximate surface area is 120 Å². The van der Waals surface area contributed by atoms with Crippen molar-refractivity contribution in [3.8, 4) is 0 Å². The quantitative estimate of drug-likeness (QED) is 0.758. The molecule has 0 aliphatic heterocycles.